The number of aromatic nitrogens is 2. The highest BCUT2D eigenvalue weighted by Gasteiger charge is 2.07. The summed E-state index contributed by atoms with van der Waals surface area (Å²) in [7, 11) is 0. The molecular formula is C14H17ClN2O2. The first-order valence-electron chi connectivity index (χ1n) is 6.13. The second-order valence-corrected chi connectivity index (χ2v) is 4.86. The zero-order chi connectivity index (χ0) is 13.7. The number of hydrogen-bond donors (Lipinski definition) is 1. The molecule has 2 rings (SSSR count). The molecule has 19 heavy (non-hydrogen) atoms. The first-order valence-corrected chi connectivity index (χ1v) is 6.51. The third-order valence-electron chi connectivity index (χ3n) is 2.82. The third-order valence-corrected chi connectivity index (χ3v) is 3.08. The number of aliphatic hydroxyl groups is 1. The van der Waals surface area contributed by atoms with E-state index < -0.39 is 6.10 Å². The van der Waals surface area contributed by atoms with Gasteiger partial charge in [0.2, 0.25) is 0 Å². The maximum Gasteiger partial charge on any atom is 0.105 e. The lowest BCUT2D eigenvalue weighted by Gasteiger charge is -2.13. The van der Waals surface area contributed by atoms with Crippen molar-refractivity contribution in [2.75, 3.05) is 6.61 Å². The van der Waals surface area contributed by atoms with Crippen molar-refractivity contribution in [1.82, 2.24) is 9.55 Å². The Labute approximate surface area is 117 Å². The Morgan fingerprint density at radius 3 is 2.74 bits per heavy atom. The van der Waals surface area contributed by atoms with Crippen LogP contribution in [0.3, 0.4) is 0 Å². The fourth-order valence-electron chi connectivity index (χ4n) is 1.77. The van der Waals surface area contributed by atoms with E-state index in [4.69, 9.17) is 16.3 Å². The topological polar surface area (TPSA) is 47.3 Å². The van der Waals surface area contributed by atoms with Crippen LogP contribution in [0.4, 0.5) is 0 Å². The predicted octanol–water partition coefficient (Wildman–Crippen LogP) is 2.42. The van der Waals surface area contributed by atoms with Crippen molar-refractivity contribution in [3.8, 4) is 0 Å². The average molecular weight is 281 g/mol. The highest BCUT2D eigenvalue weighted by Crippen LogP contribution is 2.10. The van der Waals surface area contributed by atoms with Gasteiger partial charge >= 0.3 is 0 Å². The third kappa shape index (κ3) is 4.35. The van der Waals surface area contributed by atoms with Gasteiger partial charge in [-0.1, -0.05) is 23.7 Å². The number of halogens is 1. The number of nitrogens with zero attached hydrogens (tertiary/aromatic N) is 2. The summed E-state index contributed by atoms with van der Waals surface area (Å²) in [5, 5.41) is 10.6. The van der Waals surface area contributed by atoms with Gasteiger partial charge in [0, 0.05) is 17.4 Å². The summed E-state index contributed by atoms with van der Waals surface area (Å²) in [6, 6.07) is 7.47. The fraction of sp³-hybridized carbons (Fsp3) is 0.357. The van der Waals surface area contributed by atoms with Crippen LogP contribution in [-0.2, 0) is 17.9 Å². The van der Waals surface area contributed by atoms with E-state index in [0.717, 1.165) is 11.4 Å². The fourth-order valence-corrected chi connectivity index (χ4v) is 1.90. The van der Waals surface area contributed by atoms with Crippen molar-refractivity contribution >= 4 is 11.6 Å². The molecule has 1 aromatic carbocycles. The summed E-state index contributed by atoms with van der Waals surface area (Å²) in [6.45, 7) is 3.16. The molecule has 5 heteroatoms. The predicted molar refractivity (Wildman–Crippen MR) is 74.1 cm³/mol. The van der Waals surface area contributed by atoms with Crippen LogP contribution in [0.1, 0.15) is 11.4 Å². The smallest absolute Gasteiger partial charge is 0.105 e. The monoisotopic (exact) mass is 280 g/mol. The van der Waals surface area contributed by atoms with Crippen molar-refractivity contribution in [2.45, 2.75) is 26.2 Å². The largest absolute Gasteiger partial charge is 0.389 e. The number of ether oxygens (including phenoxy) is 1. The van der Waals surface area contributed by atoms with Crippen molar-refractivity contribution < 1.29 is 9.84 Å². The molecule has 4 nitrogen and oxygen atoms in total. The van der Waals surface area contributed by atoms with E-state index in [-0.39, 0.29) is 0 Å². The Bertz CT molecular complexity index is 510. The van der Waals surface area contributed by atoms with Crippen LogP contribution in [0.2, 0.25) is 5.02 Å². The lowest BCUT2D eigenvalue weighted by Crippen LogP contribution is -2.22. The van der Waals surface area contributed by atoms with Crippen LogP contribution in [0.15, 0.2) is 36.7 Å². The standard InChI is InChI=1S/C14H17ClN2O2/c1-11-16-6-7-17(11)8-14(18)10-19-9-12-2-4-13(15)5-3-12/h2-7,14,18H,8-10H2,1H3. The van der Waals surface area contributed by atoms with Crippen LogP contribution < -0.4 is 0 Å². The van der Waals surface area contributed by atoms with Gasteiger partial charge in [-0.05, 0) is 24.6 Å². The molecule has 1 unspecified atom stereocenters. The number of aliphatic hydroxyl groups excluding tert-OH is 1. The van der Waals surface area contributed by atoms with Crippen molar-refractivity contribution in [3.63, 3.8) is 0 Å². The minimum Gasteiger partial charge on any atom is -0.389 e. The van der Waals surface area contributed by atoms with Gasteiger partial charge in [0.1, 0.15) is 5.82 Å². The molecule has 102 valence electrons. The van der Waals surface area contributed by atoms with E-state index in [2.05, 4.69) is 4.98 Å². The molecule has 0 fully saturated rings. The maximum atomic E-state index is 9.87. The number of hydrogen-bond acceptors (Lipinski definition) is 3. The molecule has 0 aliphatic rings. The highest BCUT2D eigenvalue weighted by atomic mass is 35.5. The lowest BCUT2D eigenvalue weighted by molar-refractivity contribution is 0.0201. The van der Waals surface area contributed by atoms with Gasteiger partial charge in [-0.15, -0.1) is 0 Å². The summed E-state index contributed by atoms with van der Waals surface area (Å²) in [4.78, 5) is 4.10. The van der Waals surface area contributed by atoms with Gasteiger partial charge in [0.05, 0.1) is 25.9 Å². The van der Waals surface area contributed by atoms with Crippen molar-refractivity contribution in [3.05, 3.63) is 53.1 Å². The Kier molecular flexibility index (Phi) is 4.96. The van der Waals surface area contributed by atoms with Crippen molar-refractivity contribution in [1.29, 1.82) is 0 Å². The SMILES string of the molecule is Cc1nccn1CC(O)COCc1ccc(Cl)cc1. The second kappa shape index (κ2) is 6.70. The van der Waals surface area contributed by atoms with E-state index in [9.17, 15) is 5.11 Å². The molecule has 1 N–H and O–H groups in total. The summed E-state index contributed by atoms with van der Waals surface area (Å²) in [5.41, 5.74) is 1.04. The van der Waals surface area contributed by atoms with Gasteiger partial charge in [-0.25, -0.2) is 4.98 Å². The summed E-state index contributed by atoms with van der Waals surface area (Å²) in [6.07, 6.45) is 3.02. The van der Waals surface area contributed by atoms with E-state index in [1.54, 1.807) is 6.20 Å². The van der Waals surface area contributed by atoms with Crippen LogP contribution in [0, 0.1) is 6.92 Å². The Balaban J connectivity index is 1.73. The number of rotatable bonds is 6. The molecule has 0 bridgehead atoms. The van der Waals surface area contributed by atoms with Crippen LogP contribution >= 0.6 is 11.6 Å². The quantitative estimate of drug-likeness (QED) is 0.884. The van der Waals surface area contributed by atoms with E-state index >= 15 is 0 Å². The molecule has 0 saturated carbocycles. The van der Waals surface area contributed by atoms with Gasteiger partial charge in [-0.2, -0.15) is 0 Å². The Morgan fingerprint density at radius 1 is 1.37 bits per heavy atom. The summed E-state index contributed by atoms with van der Waals surface area (Å²) >= 11 is 5.80. The molecule has 0 spiro atoms. The molecule has 1 atom stereocenters. The number of benzene rings is 1. The van der Waals surface area contributed by atoms with Gasteiger partial charge in [0.25, 0.3) is 0 Å². The van der Waals surface area contributed by atoms with Crippen LogP contribution in [0.5, 0.6) is 0 Å². The second-order valence-electron chi connectivity index (χ2n) is 4.42. The zero-order valence-corrected chi connectivity index (χ0v) is 11.5. The molecule has 0 amide bonds. The molecule has 0 aliphatic heterocycles. The Hall–Kier alpha value is -1.36. The first kappa shape index (κ1) is 14.1. The molecule has 0 saturated heterocycles. The molecule has 1 heterocycles. The minimum absolute atomic E-state index is 0.292. The van der Waals surface area contributed by atoms with Crippen LogP contribution in [0.25, 0.3) is 0 Å². The lowest BCUT2D eigenvalue weighted by atomic mass is 10.2. The summed E-state index contributed by atoms with van der Waals surface area (Å²) in [5.74, 6) is 0.886. The number of aryl methyl sites for hydroxylation is 1. The van der Waals surface area contributed by atoms with Gasteiger partial charge < -0.3 is 14.4 Å². The van der Waals surface area contributed by atoms with E-state index in [1.807, 2.05) is 42.0 Å². The van der Waals surface area contributed by atoms with E-state index in [0.29, 0.717) is 24.8 Å². The molecule has 0 radical (unpaired) electrons. The van der Waals surface area contributed by atoms with Gasteiger partial charge in [0.15, 0.2) is 0 Å². The Morgan fingerprint density at radius 2 is 2.11 bits per heavy atom. The van der Waals surface area contributed by atoms with Crippen molar-refractivity contribution in [2.24, 2.45) is 0 Å². The first-order chi connectivity index (χ1) is 9.15. The average Bonchev–Trinajstić information content (AvgIpc) is 2.78. The maximum absolute atomic E-state index is 9.87. The highest BCUT2D eigenvalue weighted by molar-refractivity contribution is 6.30. The van der Waals surface area contributed by atoms with Crippen LogP contribution in [-0.4, -0.2) is 27.4 Å². The van der Waals surface area contributed by atoms with Gasteiger partial charge in [-0.3, -0.25) is 0 Å². The minimum atomic E-state index is -0.541. The van der Waals surface area contributed by atoms with E-state index in [1.165, 1.54) is 0 Å². The molecule has 1 aromatic heterocycles. The zero-order valence-electron chi connectivity index (χ0n) is 10.8. The molecule has 0 aliphatic carbocycles. The normalized spacial score (nSPS) is 12.6. The molecular weight excluding hydrogens is 264 g/mol. The number of imidazole rings is 1. The molecule has 2 aromatic rings. The summed E-state index contributed by atoms with van der Waals surface area (Å²) < 4.78 is 7.38.